The highest BCUT2D eigenvalue weighted by atomic mass is 16.3. The predicted molar refractivity (Wildman–Crippen MR) is 54.5 cm³/mol. The molecule has 1 heterocycles. The second kappa shape index (κ2) is 5.85. The molecule has 2 N–H and O–H groups in total. The van der Waals surface area contributed by atoms with Crippen LogP contribution in [0.4, 0.5) is 4.79 Å². The highest BCUT2D eigenvalue weighted by molar-refractivity contribution is 6.02. The number of carbonyl (C=O) groups excluding carboxylic acids is 2. The first-order valence-corrected chi connectivity index (χ1v) is 4.86. The molecule has 0 aromatic carbocycles. The Bertz CT molecular complexity index is 319. The Morgan fingerprint density at radius 2 is 2.27 bits per heavy atom. The molecule has 0 fully saturated rings. The second-order valence-corrected chi connectivity index (χ2v) is 3.04. The lowest BCUT2D eigenvalue weighted by Crippen LogP contribution is -2.39. The largest absolute Gasteiger partial charge is 0.459 e. The summed E-state index contributed by atoms with van der Waals surface area (Å²) in [5.41, 5.74) is 0. The van der Waals surface area contributed by atoms with Gasteiger partial charge in [0, 0.05) is 6.54 Å². The number of urea groups is 1. The molecule has 0 aliphatic heterocycles. The van der Waals surface area contributed by atoms with Crippen LogP contribution in [0.2, 0.25) is 0 Å². The van der Waals surface area contributed by atoms with Crippen LogP contribution >= 0.6 is 0 Å². The Morgan fingerprint density at radius 3 is 2.87 bits per heavy atom. The zero-order valence-corrected chi connectivity index (χ0v) is 8.58. The summed E-state index contributed by atoms with van der Waals surface area (Å²) in [6, 6.07) is 2.59. The maximum Gasteiger partial charge on any atom is 0.321 e. The van der Waals surface area contributed by atoms with Gasteiger partial charge in [0.1, 0.15) is 0 Å². The summed E-state index contributed by atoms with van der Waals surface area (Å²) in [4.78, 5) is 22.4. The van der Waals surface area contributed by atoms with Crippen LogP contribution in [0.15, 0.2) is 22.8 Å². The van der Waals surface area contributed by atoms with Gasteiger partial charge in [0.25, 0.3) is 5.91 Å². The number of imide groups is 1. The number of amides is 3. The van der Waals surface area contributed by atoms with E-state index in [1.807, 2.05) is 6.92 Å². The number of hydrogen-bond acceptors (Lipinski definition) is 3. The molecule has 5 nitrogen and oxygen atoms in total. The van der Waals surface area contributed by atoms with Gasteiger partial charge in [-0.25, -0.2) is 4.79 Å². The Kier molecular flexibility index (Phi) is 4.40. The van der Waals surface area contributed by atoms with Gasteiger partial charge < -0.3 is 9.73 Å². The molecule has 0 atom stereocenters. The molecule has 0 radical (unpaired) electrons. The van der Waals surface area contributed by atoms with Gasteiger partial charge >= 0.3 is 6.03 Å². The number of carbonyl (C=O) groups is 2. The van der Waals surface area contributed by atoms with Crippen LogP contribution < -0.4 is 10.6 Å². The summed E-state index contributed by atoms with van der Waals surface area (Å²) in [5, 5.41) is 4.72. The standard InChI is InChI=1S/C10H14N2O3/c1-2-3-6-11-10(14)12-9(13)8-5-4-7-15-8/h4-5,7H,2-3,6H2,1H3,(H2,11,12,13,14). The van der Waals surface area contributed by atoms with Crippen molar-refractivity contribution in [2.45, 2.75) is 19.8 Å². The first kappa shape index (κ1) is 11.3. The second-order valence-electron chi connectivity index (χ2n) is 3.04. The number of hydrogen-bond donors (Lipinski definition) is 2. The fraction of sp³-hybridized carbons (Fsp3) is 0.400. The van der Waals surface area contributed by atoms with Crippen LogP contribution in [-0.4, -0.2) is 18.5 Å². The Balaban J connectivity index is 2.29. The summed E-state index contributed by atoms with van der Waals surface area (Å²) in [7, 11) is 0. The molecule has 0 saturated carbocycles. The third-order valence-corrected chi connectivity index (χ3v) is 1.79. The topological polar surface area (TPSA) is 71.3 Å². The molecule has 1 aromatic heterocycles. The SMILES string of the molecule is CCCCNC(=O)NC(=O)c1ccco1. The Morgan fingerprint density at radius 1 is 1.47 bits per heavy atom. The summed E-state index contributed by atoms with van der Waals surface area (Å²) in [5.74, 6) is -0.408. The molecular weight excluding hydrogens is 196 g/mol. The highest BCUT2D eigenvalue weighted by Gasteiger charge is 2.11. The van der Waals surface area contributed by atoms with Crippen LogP contribution in [0.1, 0.15) is 30.3 Å². The maximum absolute atomic E-state index is 11.3. The van der Waals surface area contributed by atoms with Crippen molar-refractivity contribution < 1.29 is 14.0 Å². The summed E-state index contributed by atoms with van der Waals surface area (Å²) in [6.07, 6.45) is 3.26. The van der Waals surface area contributed by atoms with Crippen molar-refractivity contribution in [1.29, 1.82) is 0 Å². The lowest BCUT2D eigenvalue weighted by Gasteiger charge is -2.03. The molecule has 3 amide bonds. The van der Waals surface area contributed by atoms with E-state index in [0.29, 0.717) is 6.54 Å². The van der Waals surface area contributed by atoms with E-state index in [9.17, 15) is 9.59 Å². The predicted octanol–water partition coefficient (Wildman–Crippen LogP) is 1.52. The van der Waals surface area contributed by atoms with E-state index in [0.717, 1.165) is 12.8 Å². The van der Waals surface area contributed by atoms with Crippen LogP contribution in [0.3, 0.4) is 0 Å². The van der Waals surface area contributed by atoms with Crippen molar-refractivity contribution in [2.24, 2.45) is 0 Å². The van der Waals surface area contributed by atoms with E-state index in [-0.39, 0.29) is 5.76 Å². The Hall–Kier alpha value is -1.78. The number of furan rings is 1. The average molecular weight is 210 g/mol. The minimum absolute atomic E-state index is 0.126. The molecule has 0 unspecified atom stereocenters. The van der Waals surface area contributed by atoms with E-state index < -0.39 is 11.9 Å². The van der Waals surface area contributed by atoms with E-state index in [1.165, 1.54) is 12.3 Å². The number of rotatable bonds is 4. The third kappa shape index (κ3) is 3.84. The first-order chi connectivity index (χ1) is 7.24. The maximum atomic E-state index is 11.3. The lowest BCUT2D eigenvalue weighted by molar-refractivity contribution is 0.0937. The quantitative estimate of drug-likeness (QED) is 0.740. The molecule has 5 heteroatoms. The van der Waals surface area contributed by atoms with Gasteiger partial charge in [-0.1, -0.05) is 13.3 Å². The van der Waals surface area contributed by atoms with Gasteiger partial charge in [-0.05, 0) is 18.6 Å². The minimum Gasteiger partial charge on any atom is -0.459 e. The van der Waals surface area contributed by atoms with Crippen LogP contribution in [-0.2, 0) is 0 Å². The van der Waals surface area contributed by atoms with Gasteiger partial charge in [0.2, 0.25) is 0 Å². The molecule has 1 aromatic rings. The zero-order valence-electron chi connectivity index (χ0n) is 8.58. The molecule has 0 saturated heterocycles. The van der Waals surface area contributed by atoms with E-state index >= 15 is 0 Å². The molecule has 1 rings (SSSR count). The van der Waals surface area contributed by atoms with E-state index in [2.05, 4.69) is 10.6 Å². The molecule has 82 valence electrons. The van der Waals surface area contributed by atoms with Gasteiger partial charge in [-0.2, -0.15) is 0 Å². The lowest BCUT2D eigenvalue weighted by atomic mass is 10.3. The van der Waals surface area contributed by atoms with Crippen LogP contribution in [0.25, 0.3) is 0 Å². The van der Waals surface area contributed by atoms with Gasteiger partial charge in [-0.3, -0.25) is 10.1 Å². The molecule has 0 aliphatic carbocycles. The van der Waals surface area contributed by atoms with Crippen molar-refractivity contribution >= 4 is 11.9 Å². The summed E-state index contributed by atoms with van der Waals surface area (Å²) in [6.45, 7) is 2.58. The first-order valence-electron chi connectivity index (χ1n) is 4.86. The molecule has 0 aliphatic rings. The van der Waals surface area contributed by atoms with E-state index in [4.69, 9.17) is 4.42 Å². The van der Waals surface area contributed by atoms with Crippen molar-refractivity contribution in [1.82, 2.24) is 10.6 Å². The fourth-order valence-corrected chi connectivity index (χ4v) is 0.995. The van der Waals surface area contributed by atoms with Crippen molar-refractivity contribution in [2.75, 3.05) is 6.54 Å². The molecule has 0 bridgehead atoms. The number of nitrogens with one attached hydrogen (secondary N) is 2. The average Bonchev–Trinajstić information content (AvgIpc) is 2.70. The molecule has 0 spiro atoms. The highest BCUT2D eigenvalue weighted by Crippen LogP contribution is 1.98. The smallest absolute Gasteiger partial charge is 0.321 e. The molecular formula is C10H14N2O3. The summed E-state index contributed by atoms with van der Waals surface area (Å²) < 4.78 is 4.83. The third-order valence-electron chi connectivity index (χ3n) is 1.79. The van der Waals surface area contributed by atoms with E-state index in [1.54, 1.807) is 6.07 Å². The molecule has 15 heavy (non-hydrogen) atoms. The van der Waals surface area contributed by atoms with Crippen LogP contribution in [0, 0.1) is 0 Å². The van der Waals surface area contributed by atoms with Crippen molar-refractivity contribution in [3.63, 3.8) is 0 Å². The van der Waals surface area contributed by atoms with Crippen molar-refractivity contribution in [3.05, 3.63) is 24.2 Å². The number of unbranched alkanes of at least 4 members (excludes halogenated alkanes) is 1. The van der Waals surface area contributed by atoms with Crippen molar-refractivity contribution in [3.8, 4) is 0 Å². The summed E-state index contributed by atoms with van der Waals surface area (Å²) >= 11 is 0. The van der Waals surface area contributed by atoms with Gasteiger partial charge in [0.15, 0.2) is 5.76 Å². The minimum atomic E-state index is -0.533. The Labute approximate surface area is 87.8 Å². The monoisotopic (exact) mass is 210 g/mol. The van der Waals surface area contributed by atoms with Crippen LogP contribution in [0.5, 0.6) is 0 Å². The van der Waals surface area contributed by atoms with Gasteiger partial charge in [0.05, 0.1) is 6.26 Å². The fourth-order valence-electron chi connectivity index (χ4n) is 0.995. The zero-order chi connectivity index (χ0) is 11.1. The van der Waals surface area contributed by atoms with Gasteiger partial charge in [-0.15, -0.1) is 0 Å². The normalized spacial score (nSPS) is 9.67.